The van der Waals surface area contributed by atoms with E-state index >= 15 is 0 Å². The van der Waals surface area contributed by atoms with E-state index < -0.39 is 0 Å². The van der Waals surface area contributed by atoms with Crippen molar-refractivity contribution in [1.82, 2.24) is 5.32 Å². The number of hydrogen-bond acceptors (Lipinski definition) is 6. The number of benzene rings is 2. The monoisotopic (exact) mass is 382 g/mol. The number of nitrogens with one attached hydrogen (secondary N) is 1. The average Bonchev–Trinajstić information content (AvgIpc) is 3.01. The Hall–Kier alpha value is -3.48. The van der Waals surface area contributed by atoms with Gasteiger partial charge in [-0.15, -0.1) is 0 Å². The maximum Gasteiger partial charge on any atom is 0.281 e. The third kappa shape index (κ3) is 3.93. The van der Waals surface area contributed by atoms with Crippen LogP contribution in [0.2, 0.25) is 0 Å². The predicted octanol–water partition coefficient (Wildman–Crippen LogP) is 2.30. The Morgan fingerprint density at radius 3 is 2.25 bits per heavy atom. The molecule has 0 aromatic heterocycles. The van der Waals surface area contributed by atoms with Crippen molar-refractivity contribution in [3.05, 3.63) is 59.8 Å². The van der Waals surface area contributed by atoms with Crippen molar-refractivity contribution in [3.8, 4) is 17.2 Å². The lowest BCUT2D eigenvalue weighted by atomic mass is 10.1. The molecule has 7 heteroatoms. The van der Waals surface area contributed by atoms with Gasteiger partial charge in [-0.3, -0.25) is 9.59 Å². The van der Waals surface area contributed by atoms with Crippen LogP contribution in [-0.2, 0) is 16.0 Å². The van der Waals surface area contributed by atoms with Gasteiger partial charge in [0.2, 0.25) is 0 Å². The van der Waals surface area contributed by atoms with Crippen LogP contribution in [0.15, 0.2) is 54.2 Å². The molecule has 0 saturated carbocycles. The van der Waals surface area contributed by atoms with Gasteiger partial charge in [-0.2, -0.15) is 0 Å². The molecule has 7 nitrogen and oxygen atoms in total. The molecule has 0 bridgehead atoms. The van der Waals surface area contributed by atoms with E-state index in [0.29, 0.717) is 35.9 Å². The molecule has 2 aromatic carbocycles. The van der Waals surface area contributed by atoms with Crippen molar-refractivity contribution >= 4 is 17.5 Å². The standard InChI is InChI=1S/C21H22N2O5/c1-26-16-7-5-15(6-8-16)23-20(24)13-17(21(23)25)22-11-10-14-4-9-18(27-2)19(12-14)28-3/h4-9,12-13,22H,10-11H2,1-3H3. The van der Waals surface area contributed by atoms with Crippen LogP contribution >= 0.6 is 0 Å². The number of carbonyl (C=O) groups excluding carboxylic acids is 2. The Labute approximate surface area is 163 Å². The van der Waals surface area contributed by atoms with Crippen molar-refractivity contribution in [2.75, 3.05) is 32.8 Å². The molecule has 0 atom stereocenters. The Balaban J connectivity index is 1.61. The van der Waals surface area contributed by atoms with Crippen molar-refractivity contribution in [3.63, 3.8) is 0 Å². The van der Waals surface area contributed by atoms with Crippen LogP contribution in [-0.4, -0.2) is 39.7 Å². The number of anilines is 1. The molecule has 2 aromatic rings. The maximum atomic E-state index is 12.6. The summed E-state index contributed by atoms with van der Waals surface area (Å²) in [5, 5.41) is 3.05. The fourth-order valence-corrected chi connectivity index (χ4v) is 2.95. The molecule has 28 heavy (non-hydrogen) atoms. The van der Waals surface area contributed by atoms with Gasteiger partial charge in [0.1, 0.15) is 11.4 Å². The van der Waals surface area contributed by atoms with Crippen LogP contribution in [0.5, 0.6) is 17.2 Å². The Morgan fingerprint density at radius 1 is 0.893 bits per heavy atom. The lowest BCUT2D eigenvalue weighted by Crippen LogP contribution is -2.33. The zero-order valence-electron chi connectivity index (χ0n) is 16.0. The molecule has 0 aliphatic carbocycles. The van der Waals surface area contributed by atoms with E-state index in [-0.39, 0.29) is 17.5 Å². The quantitative estimate of drug-likeness (QED) is 0.706. The normalized spacial score (nSPS) is 13.4. The van der Waals surface area contributed by atoms with Gasteiger partial charge in [-0.25, -0.2) is 4.90 Å². The molecule has 0 radical (unpaired) electrons. The summed E-state index contributed by atoms with van der Waals surface area (Å²) in [6.45, 7) is 0.497. The minimum absolute atomic E-state index is 0.279. The third-order valence-electron chi connectivity index (χ3n) is 4.43. The second-order valence-electron chi connectivity index (χ2n) is 6.10. The number of nitrogens with zero attached hydrogens (tertiary/aromatic N) is 1. The fourth-order valence-electron chi connectivity index (χ4n) is 2.95. The molecule has 0 saturated heterocycles. The smallest absolute Gasteiger partial charge is 0.281 e. The van der Waals surface area contributed by atoms with Gasteiger partial charge in [0, 0.05) is 12.6 Å². The van der Waals surface area contributed by atoms with Crippen molar-refractivity contribution in [2.24, 2.45) is 0 Å². The molecule has 146 valence electrons. The largest absolute Gasteiger partial charge is 0.497 e. The fraction of sp³-hybridized carbons (Fsp3) is 0.238. The van der Waals surface area contributed by atoms with Gasteiger partial charge >= 0.3 is 0 Å². The van der Waals surface area contributed by atoms with E-state index in [2.05, 4.69) is 5.32 Å². The number of rotatable bonds is 8. The van der Waals surface area contributed by atoms with E-state index in [0.717, 1.165) is 10.5 Å². The minimum atomic E-state index is -0.373. The molecule has 1 heterocycles. The van der Waals surface area contributed by atoms with Crippen LogP contribution in [0.4, 0.5) is 5.69 Å². The summed E-state index contributed by atoms with van der Waals surface area (Å²) in [7, 11) is 4.73. The summed E-state index contributed by atoms with van der Waals surface area (Å²) >= 11 is 0. The Kier molecular flexibility index (Phi) is 5.84. The van der Waals surface area contributed by atoms with Crippen LogP contribution in [0.3, 0.4) is 0 Å². The van der Waals surface area contributed by atoms with E-state index in [1.165, 1.54) is 6.08 Å². The van der Waals surface area contributed by atoms with Crippen LogP contribution in [0, 0.1) is 0 Å². The molecule has 0 fully saturated rings. The lowest BCUT2D eigenvalue weighted by Gasteiger charge is -2.15. The molecule has 1 N–H and O–H groups in total. The van der Waals surface area contributed by atoms with Crippen molar-refractivity contribution < 1.29 is 23.8 Å². The number of imide groups is 1. The highest BCUT2D eigenvalue weighted by Gasteiger charge is 2.32. The van der Waals surface area contributed by atoms with Gasteiger partial charge in [0.15, 0.2) is 11.5 Å². The van der Waals surface area contributed by atoms with Crippen molar-refractivity contribution in [2.45, 2.75) is 6.42 Å². The zero-order valence-corrected chi connectivity index (χ0v) is 16.0. The van der Waals surface area contributed by atoms with E-state index in [1.54, 1.807) is 45.6 Å². The molecular formula is C21H22N2O5. The lowest BCUT2D eigenvalue weighted by molar-refractivity contribution is -0.120. The van der Waals surface area contributed by atoms with Crippen LogP contribution in [0.1, 0.15) is 5.56 Å². The second-order valence-corrected chi connectivity index (χ2v) is 6.10. The predicted molar refractivity (Wildman–Crippen MR) is 105 cm³/mol. The summed E-state index contributed by atoms with van der Waals surface area (Å²) < 4.78 is 15.6. The molecule has 1 aliphatic rings. The van der Waals surface area contributed by atoms with E-state index in [1.807, 2.05) is 18.2 Å². The molecule has 0 unspecified atom stereocenters. The topological polar surface area (TPSA) is 77.1 Å². The third-order valence-corrected chi connectivity index (χ3v) is 4.43. The van der Waals surface area contributed by atoms with Gasteiger partial charge < -0.3 is 19.5 Å². The van der Waals surface area contributed by atoms with E-state index in [4.69, 9.17) is 14.2 Å². The molecule has 2 amide bonds. The van der Waals surface area contributed by atoms with Crippen LogP contribution in [0.25, 0.3) is 0 Å². The highest BCUT2D eigenvalue weighted by molar-refractivity contribution is 6.30. The Bertz CT molecular complexity index is 906. The molecule has 0 spiro atoms. The number of ether oxygens (including phenoxy) is 3. The summed E-state index contributed by atoms with van der Waals surface area (Å²) in [4.78, 5) is 26.0. The number of hydrogen-bond donors (Lipinski definition) is 1. The summed E-state index contributed by atoms with van der Waals surface area (Å²) in [6.07, 6.45) is 1.98. The second kappa shape index (κ2) is 8.47. The minimum Gasteiger partial charge on any atom is -0.497 e. The maximum absolute atomic E-state index is 12.6. The van der Waals surface area contributed by atoms with Crippen molar-refractivity contribution in [1.29, 1.82) is 0 Å². The highest BCUT2D eigenvalue weighted by atomic mass is 16.5. The first-order valence-electron chi connectivity index (χ1n) is 8.76. The van der Waals surface area contributed by atoms with Gasteiger partial charge in [0.25, 0.3) is 11.8 Å². The SMILES string of the molecule is COc1ccc(N2C(=O)C=C(NCCc3ccc(OC)c(OC)c3)C2=O)cc1. The summed E-state index contributed by atoms with van der Waals surface area (Å²) in [5.41, 5.74) is 1.81. The number of methoxy groups -OCH3 is 3. The van der Waals surface area contributed by atoms with Gasteiger partial charge in [0.05, 0.1) is 27.0 Å². The summed E-state index contributed by atoms with van der Waals surface area (Å²) in [6, 6.07) is 12.4. The molecule has 1 aliphatic heterocycles. The average molecular weight is 382 g/mol. The van der Waals surface area contributed by atoms with Gasteiger partial charge in [-0.1, -0.05) is 6.07 Å². The number of carbonyl (C=O) groups is 2. The zero-order chi connectivity index (χ0) is 20.1. The van der Waals surface area contributed by atoms with E-state index in [9.17, 15) is 9.59 Å². The highest BCUT2D eigenvalue weighted by Crippen LogP contribution is 2.28. The van der Waals surface area contributed by atoms with Gasteiger partial charge in [-0.05, 0) is 48.4 Å². The molecular weight excluding hydrogens is 360 g/mol. The first-order chi connectivity index (χ1) is 13.6. The molecule has 3 rings (SSSR count). The Morgan fingerprint density at radius 2 is 1.61 bits per heavy atom. The number of amides is 2. The first-order valence-corrected chi connectivity index (χ1v) is 8.76. The first kappa shape index (κ1) is 19.3. The van der Waals surface area contributed by atoms with Crippen LogP contribution < -0.4 is 24.4 Å². The summed E-state index contributed by atoms with van der Waals surface area (Å²) in [5.74, 6) is 1.22.